The standard InChI is InChI=1S/C17H19N5OS/c1-9-6-15(24-21-9)14-7-10(2)22-16(20-14)13(8-18-22)17(23)19-11(3)12-4-5-12/h6-8,11-12H,4-5H2,1-3H3,(H,19,23)/t11-/m0/s1. The zero-order valence-electron chi connectivity index (χ0n) is 13.9. The van der Waals surface area contributed by atoms with Crippen molar-refractivity contribution in [3.05, 3.63) is 35.3 Å². The molecule has 0 aromatic carbocycles. The number of rotatable bonds is 4. The van der Waals surface area contributed by atoms with Crippen LogP contribution in [0.5, 0.6) is 0 Å². The zero-order chi connectivity index (χ0) is 16.8. The molecule has 3 heterocycles. The van der Waals surface area contributed by atoms with Gasteiger partial charge in [-0.15, -0.1) is 0 Å². The molecule has 24 heavy (non-hydrogen) atoms. The molecule has 7 heteroatoms. The number of hydrogen-bond acceptors (Lipinski definition) is 5. The average Bonchev–Trinajstić information content (AvgIpc) is 3.17. The minimum Gasteiger partial charge on any atom is -0.349 e. The third-order valence-electron chi connectivity index (χ3n) is 4.46. The topological polar surface area (TPSA) is 72.2 Å². The van der Waals surface area contributed by atoms with Crippen molar-refractivity contribution in [2.24, 2.45) is 5.92 Å². The highest BCUT2D eigenvalue weighted by Gasteiger charge is 2.30. The summed E-state index contributed by atoms with van der Waals surface area (Å²) in [5, 5.41) is 7.41. The van der Waals surface area contributed by atoms with E-state index in [1.165, 1.54) is 24.4 Å². The third-order valence-corrected chi connectivity index (χ3v) is 5.37. The van der Waals surface area contributed by atoms with Gasteiger partial charge < -0.3 is 5.32 Å². The lowest BCUT2D eigenvalue weighted by atomic mass is 10.2. The Morgan fingerprint density at radius 2 is 2.17 bits per heavy atom. The van der Waals surface area contributed by atoms with E-state index >= 15 is 0 Å². The molecule has 1 atom stereocenters. The summed E-state index contributed by atoms with van der Waals surface area (Å²) in [7, 11) is 0. The maximum atomic E-state index is 12.6. The third kappa shape index (κ3) is 2.69. The monoisotopic (exact) mass is 341 g/mol. The van der Waals surface area contributed by atoms with Crippen LogP contribution in [0.3, 0.4) is 0 Å². The molecule has 0 aliphatic heterocycles. The highest BCUT2D eigenvalue weighted by atomic mass is 32.1. The minimum atomic E-state index is -0.103. The van der Waals surface area contributed by atoms with Crippen molar-refractivity contribution in [3.8, 4) is 10.6 Å². The lowest BCUT2D eigenvalue weighted by Gasteiger charge is -2.12. The molecule has 4 rings (SSSR count). The Morgan fingerprint density at radius 3 is 2.83 bits per heavy atom. The lowest BCUT2D eigenvalue weighted by Crippen LogP contribution is -2.34. The van der Waals surface area contributed by atoms with Crippen molar-refractivity contribution >= 4 is 23.1 Å². The van der Waals surface area contributed by atoms with Gasteiger partial charge in [0.2, 0.25) is 0 Å². The van der Waals surface area contributed by atoms with E-state index in [9.17, 15) is 4.79 Å². The van der Waals surface area contributed by atoms with Crippen LogP contribution in [0.1, 0.15) is 41.5 Å². The summed E-state index contributed by atoms with van der Waals surface area (Å²) in [5.41, 5.74) is 3.86. The molecule has 3 aromatic rings. The first-order chi connectivity index (χ1) is 11.5. The van der Waals surface area contributed by atoms with Gasteiger partial charge in [0.1, 0.15) is 5.56 Å². The molecular formula is C17H19N5OS. The molecule has 1 saturated carbocycles. The molecule has 1 N–H and O–H groups in total. The van der Waals surface area contributed by atoms with Gasteiger partial charge in [-0.1, -0.05) is 0 Å². The van der Waals surface area contributed by atoms with Gasteiger partial charge in [-0.05, 0) is 63.2 Å². The number of nitrogens with zero attached hydrogens (tertiary/aromatic N) is 4. The molecule has 3 aromatic heterocycles. The lowest BCUT2D eigenvalue weighted by molar-refractivity contribution is 0.0937. The van der Waals surface area contributed by atoms with E-state index in [0.29, 0.717) is 17.1 Å². The second kappa shape index (κ2) is 5.66. The Morgan fingerprint density at radius 1 is 1.38 bits per heavy atom. The number of aromatic nitrogens is 4. The molecule has 1 amide bonds. The highest BCUT2D eigenvalue weighted by molar-refractivity contribution is 7.09. The van der Waals surface area contributed by atoms with Gasteiger partial charge in [0.25, 0.3) is 5.91 Å². The Balaban J connectivity index is 1.73. The van der Waals surface area contributed by atoms with Gasteiger partial charge in [-0.2, -0.15) is 9.47 Å². The van der Waals surface area contributed by atoms with Crippen molar-refractivity contribution in [3.63, 3.8) is 0 Å². The van der Waals surface area contributed by atoms with E-state index in [1.54, 1.807) is 10.7 Å². The van der Waals surface area contributed by atoms with Crippen LogP contribution in [0.15, 0.2) is 18.3 Å². The first kappa shape index (κ1) is 15.3. The summed E-state index contributed by atoms with van der Waals surface area (Å²) >= 11 is 1.42. The van der Waals surface area contributed by atoms with Crippen LogP contribution in [0.4, 0.5) is 0 Å². The maximum absolute atomic E-state index is 12.6. The summed E-state index contributed by atoms with van der Waals surface area (Å²) in [6, 6.07) is 4.18. The van der Waals surface area contributed by atoms with Crippen LogP contribution in [0.25, 0.3) is 16.2 Å². The van der Waals surface area contributed by atoms with Gasteiger partial charge in [-0.3, -0.25) is 4.79 Å². The zero-order valence-corrected chi connectivity index (χ0v) is 14.7. The van der Waals surface area contributed by atoms with Crippen molar-refractivity contribution in [1.82, 2.24) is 24.3 Å². The Hall–Kier alpha value is -2.28. The molecule has 1 aliphatic carbocycles. The summed E-state index contributed by atoms with van der Waals surface area (Å²) in [6.45, 7) is 5.99. The molecule has 1 fully saturated rings. The first-order valence-corrected chi connectivity index (χ1v) is 8.90. The van der Waals surface area contributed by atoms with E-state index in [-0.39, 0.29) is 11.9 Å². The summed E-state index contributed by atoms with van der Waals surface area (Å²) in [4.78, 5) is 18.3. The Kier molecular flexibility index (Phi) is 3.60. The second-order valence-corrected chi connectivity index (χ2v) is 7.31. The molecule has 124 valence electrons. The van der Waals surface area contributed by atoms with Crippen LogP contribution >= 0.6 is 11.5 Å². The largest absolute Gasteiger partial charge is 0.349 e. The fourth-order valence-corrected chi connectivity index (χ4v) is 3.60. The van der Waals surface area contributed by atoms with Gasteiger partial charge in [0.05, 0.1) is 22.5 Å². The van der Waals surface area contributed by atoms with Crippen molar-refractivity contribution in [2.75, 3.05) is 0 Å². The average molecular weight is 341 g/mol. The number of nitrogens with one attached hydrogen (secondary N) is 1. The van der Waals surface area contributed by atoms with Gasteiger partial charge in [0.15, 0.2) is 5.65 Å². The van der Waals surface area contributed by atoms with E-state index in [4.69, 9.17) is 0 Å². The minimum absolute atomic E-state index is 0.103. The van der Waals surface area contributed by atoms with Gasteiger partial charge >= 0.3 is 0 Å². The SMILES string of the molecule is Cc1cc(-c2cc(C)n3ncc(C(=O)N[C@@H](C)C4CC4)c3n2)sn1. The molecule has 0 bridgehead atoms. The molecule has 0 spiro atoms. The number of fused-ring (bicyclic) bond motifs is 1. The first-order valence-electron chi connectivity index (χ1n) is 8.13. The predicted molar refractivity (Wildman–Crippen MR) is 93.2 cm³/mol. The van der Waals surface area contributed by atoms with Crippen molar-refractivity contribution < 1.29 is 4.79 Å². The van der Waals surface area contributed by atoms with Crippen LogP contribution in [0.2, 0.25) is 0 Å². The number of amides is 1. The maximum Gasteiger partial charge on any atom is 0.256 e. The summed E-state index contributed by atoms with van der Waals surface area (Å²) in [5.74, 6) is 0.509. The van der Waals surface area contributed by atoms with Crippen LogP contribution < -0.4 is 5.32 Å². The highest BCUT2D eigenvalue weighted by Crippen LogP contribution is 2.32. The quantitative estimate of drug-likeness (QED) is 0.792. The van der Waals surface area contributed by atoms with Gasteiger partial charge in [0, 0.05) is 11.7 Å². The van der Waals surface area contributed by atoms with Crippen molar-refractivity contribution in [2.45, 2.75) is 39.7 Å². The molecule has 0 unspecified atom stereocenters. The number of aryl methyl sites for hydroxylation is 2. The number of carbonyl (C=O) groups excluding carboxylic acids is 1. The fraction of sp³-hybridized carbons (Fsp3) is 0.412. The van der Waals surface area contributed by atoms with E-state index in [2.05, 4.69) is 26.7 Å². The van der Waals surface area contributed by atoms with Crippen LogP contribution in [0, 0.1) is 19.8 Å². The number of carbonyl (C=O) groups is 1. The molecule has 0 radical (unpaired) electrons. The fourth-order valence-electron chi connectivity index (χ4n) is 2.88. The Bertz CT molecular complexity index is 924. The van der Waals surface area contributed by atoms with Crippen LogP contribution in [-0.4, -0.2) is 30.9 Å². The van der Waals surface area contributed by atoms with Gasteiger partial charge in [-0.25, -0.2) is 9.50 Å². The van der Waals surface area contributed by atoms with Crippen molar-refractivity contribution in [1.29, 1.82) is 0 Å². The number of hydrogen-bond donors (Lipinski definition) is 1. The second-order valence-electron chi connectivity index (χ2n) is 6.51. The summed E-state index contributed by atoms with van der Waals surface area (Å²) in [6.07, 6.45) is 4.00. The molecule has 1 aliphatic rings. The summed E-state index contributed by atoms with van der Waals surface area (Å²) < 4.78 is 6.03. The Labute approximate surface area is 144 Å². The normalized spacial score (nSPS) is 15.6. The van der Waals surface area contributed by atoms with E-state index in [1.807, 2.05) is 26.0 Å². The van der Waals surface area contributed by atoms with E-state index < -0.39 is 0 Å². The molecular weight excluding hydrogens is 322 g/mol. The molecule has 0 saturated heterocycles. The predicted octanol–water partition coefficient (Wildman–Crippen LogP) is 3.00. The molecule has 6 nitrogen and oxygen atoms in total. The van der Waals surface area contributed by atoms with Crippen LogP contribution in [-0.2, 0) is 0 Å². The smallest absolute Gasteiger partial charge is 0.256 e. The van der Waals surface area contributed by atoms with E-state index in [0.717, 1.165) is 22.0 Å².